The van der Waals surface area contributed by atoms with Crippen LogP contribution in [0.15, 0.2) is 18.2 Å². The minimum Gasteiger partial charge on any atom is -0.338 e. The molecule has 1 fully saturated rings. The van der Waals surface area contributed by atoms with Crippen LogP contribution in [0.5, 0.6) is 0 Å². The van der Waals surface area contributed by atoms with Crippen LogP contribution in [0.4, 0.5) is 4.39 Å². The van der Waals surface area contributed by atoms with Gasteiger partial charge in [0.2, 0.25) is 0 Å². The molecule has 18 heavy (non-hydrogen) atoms. The fourth-order valence-corrected chi connectivity index (χ4v) is 2.62. The van der Waals surface area contributed by atoms with Gasteiger partial charge in [0.15, 0.2) is 0 Å². The van der Waals surface area contributed by atoms with Crippen molar-refractivity contribution in [1.29, 1.82) is 0 Å². The number of carbonyl (C=O) groups excluding carboxylic acids is 1. The number of nitrogens with one attached hydrogen (secondary N) is 1. The second-order valence-corrected chi connectivity index (χ2v) is 5.75. The van der Waals surface area contributed by atoms with Crippen LogP contribution in [0, 0.1) is 15.3 Å². The van der Waals surface area contributed by atoms with Crippen molar-refractivity contribution in [3.8, 4) is 0 Å². The molecule has 0 aromatic heterocycles. The first kappa shape index (κ1) is 13.7. The van der Waals surface area contributed by atoms with Crippen molar-refractivity contribution in [2.75, 3.05) is 26.7 Å². The van der Waals surface area contributed by atoms with Gasteiger partial charge in [-0.3, -0.25) is 4.79 Å². The molecule has 1 aromatic rings. The summed E-state index contributed by atoms with van der Waals surface area (Å²) in [6.45, 7) is 2.44. The van der Waals surface area contributed by atoms with Crippen molar-refractivity contribution in [3.05, 3.63) is 33.1 Å². The number of nitrogens with zero attached hydrogens (tertiary/aromatic N) is 1. The lowest BCUT2D eigenvalue weighted by Crippen LogP contribution is -2.30. The Labute approximate surface area is 120 Å². The summed E-state index contributed by atoms with van der Waals surface area (Å²) >= 11 is 1.92. The highest BCUT2D eigenvalue weighted by Crippen LogP contribution is 2.19. The fraction of sp³-hybridized carbons (Fsp3) is 0.462. The Morgan fingerprint density at radius 2 is 2.39 bits per heavy atom. The number of amides is 1. The zero-order valence-corrected chi connectivity index (χ0v) is 12.4. The van der Waals surface area contributed by atoms with Crippen molar-refractivity contribution >= 4 is 28.5 Å². The van der Waals surface area contributed by atoms with Gasteiger partial charge in [-0.15, -0.1) is 0 Å². The molecule has 0 radical (unpaired) electrons. The summed E-state index contributed by atoms with van der Waals surface area (Å²) in [7, 11) is 1.92. The fourth-order valence-electron chi connectivity index (χ4n) is 2.28. The Morgan fingerprint density at radius 3 is 3.06 bits per heavy atom. The molecule has 1 atom stereocenters. The van der Waals surface area contributed by atoms with Gasteiger partial charge in [-0.05, 0) is 66.7 Å². The number of hydrogen-bond acceptors (Lipinski definition) is 2. The largest absolute Gasteiger partial charge is 0.338 e. The van der Waals surface area contributed by atoms with Gasteiger partial charge >= 0.3 is 0 Å². The van der Waals surface area contributed by atoms with Crippen LogP contribution in [0.3, 0.4) is 0 Å². The van der Waals surface area contributed by atoms with Crippen molar-refractivity contribution in [1.82, 2.24) is 10.2 Å². The summed E-state index contributed by atoms with van der Waals surface area (Å²) in [4.78, 5) is 14.0. The number of rotatable bonds is 3. The van der Waals surface area contributed by atoms with Crippen LogP contribution in [0.1, 0.15) is 16.8 Å². The molecular formula is C13H16FIN2O. The zero-order chi connectivity index (χ0) is 13.1. The molecule has 1 heterocycles. The summed E-state index contributed by atoms with van der Waals surface area (Å²) in [5, 5.41) is 3.13. The van der Waals surface area contributed by atoms with E-state index in [9.17, 15) is 9.18 Å². The number of carbonyl (C=O) groups is 1. The molecule has 5 heteroatoms. The molecule has 1 aliphatic rings. The molecule has 1 saturated heterocycles. The van der Waals surface area contributed by atoms with Gasteiger partial charge in [0.1, 0.15) is 5.82 Å². The Bertz CT molecular complexity index is 453. The monoisotopic (exact) mass is 362 g/mol. The van der Waals surface area contributed by atoms with E-state index >= 15 is 0 Å². The van der Waals surface area contributed by atoms with Crippen LogP contribution < -0.4 is 5.32 Å². The van der Waals surface area contributed by atoms with E-state index < -0.39 is 0 Å². The summed E-state index contributed by atoms with van der Waals surface area (Å²) in [6, 6.07) is 4.67. The van der Waals surface area contributed by atoms with Crippen molar-refractivity contribution < 1.29 is 9.18 Å². The quantitative estimate of drug-likeness (QED) is 0.836. The standard InChI is InChI=1S/C13H16FIN2O/c1-16-7-9-4-5-17(8-9)13(18)10-2-3-12(15)11(14)6-10/h2-3,6,9,16H,4-5,7-8H2,1H3. The summed E-state index contributed by atoms with van der Waals surface area (Å²) in [5.74, 6) is 0.115. The molecule has 0 bridgehead atoms. The number of benzene rings is 1. The molecule has 0 saturated carbocycles. The molecule has 1 amide bonds. The first-order valence-corrected chi connectivity index (χ1v) is 7.08. The minimum atomic E-state index is -0.326. The van der Waals surface area contributed by atoms with E-state index in [2.05, 4.69) is 5.32 Å². The highest BCUT2D eigenvalue weighted by molar-refractivity contribution is 14.1. The van der Waals surface area contributed by atoms with Gasteiger partial charge in [-0.2, -0.15) is 0 Å². The number of halogens is 2. The predicted molar refractivity (Wildman–Crippen MR) is 77.1 cm³/mol. The molecular weight excluding hydrogens is 346 g/mol. The van der Waals surface area contributed by atoms with Crippen LogP contribution in [-0.4, -0.2) is 37.5 Å². The Morgan fingerprint density at radius 1 is 1.61 bits per heavy atom. The lowest BCUT2D eigenvalue weighted by molar-refractivity contribution is 0.0786. The lowest BCUT2D eigenvalue weighted by atomic mass is 10.1. The van der Waals surface area contributed by atoms with Crippen LogP contribution in [0.2, 0.25) is 0 Å². The van der Waals surface area contributed by atoms with E-state index in [1.54, 1.807) is 12.1 Å². The van der Waals surface area contributed by atoms with Gasteiger partial charge in [-0.1, -0.05) is 0 Å². The molecule has 0 aliphatic carbocycles. The summed E-state index contributed by atoms with van der Waals surface area (Å²) in [6.07, 6.45) is 1.01. The predicted octanol–water partition coefficient (Wildman–Crippen LogP) is 2.11. The van der Waals surface area contributed by atoms with Crippen molar-refractivity contribution in [2.24, 2.45) is 5.92 Å². The van der Waals surface area contributed by atoms with E-state index in [4.69, 9.17) is 0 Å². The van der Waals surface area contributed by atoms with E-state index in [0.29, 0.717) is 15.1 Å². The molecule has 1 N–H and O–H groups in total. The van der Waals surface area contributed by atoms with E-state index in [1.807, 2.05) is 34.5 Å². The third-order valence-corrected chi connectivity index (χ3v) is 4.11. The Balaban J connectivity index is 2.05. The summed E-state index contributed by atoms with van der Waals surface area (Å²) < 4.78 is 14.0. The molecule has 2 rings (SSSR count). The molecule has 1 aliphatic heterocycles. The van der Waals surface area contributed by atoms with Gasteiger partial charge < -0.3 is 10.2 Å². The lowest BCUT2D eigenvalue weighted by Gasteiger charge is -2.16. The van der Waals surface area contributed by atoms with E-state index in [0.717, 1.165) is 26.1 Å². The normalized spacial score (nSPS) is 19.3. The third-order valence-electron chi connectivity index (χ3n) is 3.23. The molecule has 3 nitrogen and oxygen atoms in total. The maximum Gasteiger partial charge on any atom is 0.253 e. The number of hydrogen-bond donors (Lipinski definition) is 1. The maximum atomic E-state index is 13.4. The van der Waals surface area contributed by atoms with Gasteiger partial charge in [0.05, 0.1) is 0 Å². The number of likely N-dealkylation sites (tertiary alicyclic amines) is 1. The Hall–Kier alpha value is -0.690. The average molecular weight is 362 g/mol. The zero-order valence-electron chi connectivity index (χ0n) is 10.2. The van der Waals surface area contributed by atoms with Crippen LogP contribution in [0.25, 0.3) is 0 Å². The van der Waals surface area contributed by atoms with Gasteiger partial charge in [0.25, 0.3) is 5.91 Å². The van der Waals surface area contributed by atoms with Crippen LogP contribution in [-0.2, 0) is 0 Å². The average Bonchev–Trinajstić information content (AvgIpc) is 2.81. The van der Waals surface area contributed by atoms with Crippen molar-refractivity contribution in [2.45, 2.75) is 6.42 Å². The smallest absolute Gasteiger partial charge is 0.253 e. The summed E-state index contributed by atoms with van der Waals surface area (Å²) in [5.41, 5.74) is 0.443. The topological polar surface area (TPSA) is 32.3 Å². The first-order valence-electron chi connectivity index (χ1n) is 6.00. The van der Waals surface area contributed by atoms with Crippen molar-refractivity contribution in [3.63, 3.8) is 0 Å². The third kappa shape index (κ3) is 3.00. The SMILES string of the molecule is CNCC1CCN(C(=O)c2ccc(I)c(F)c2)C1. The molecule has 1 aromatic carbocycles. The first-order chi connectivity index (χ1) is 8.61. The molecule has 98 valence electrons. The van der Waals surface area contributed by atoms with Gasteiger partial charge in [-0.25, -0.2) is 4.39 Å². The minimum absolute atomic E-state index is 0.0658. The highest BCUT2D eigenvalue weighted by Gasteiger charge is 2.26. The van der Waals surface area contributed by atoms with E-state index in [-0.39, 0.29) is 11.7 Å². The molecule has 1 unspecified atom stereocenters. The highest BCUT2D eigenvalue weighted by atomic mass is 127. The van der Waals surface area contributed by atoms with E-state index in [1.165, 1.54) is 6.07 Å². The second kappa shape index (κ2) is 5.97. The van der Waals surface area contributed by atoms with Gasteiger partial charge in [0, 0.05) is 22.2 Å². The second-order valence-electron chi connectivity index (χ2n) is 4.59. The molecule has 0 spiro atoms. The van der Waals surface area contributed by atoms with Crippen LogP contribution >= 0.6 is 22.6 Å². The Kier molecular flexibility index (Phi) is 4.55. The maximum absolute atomic E-state index is 13.4.